The SMILES string of the molecule is CCC(CCO)Nc1nc2ccc(N)cc2[nH]1. The molecule has 1 aromatic carbocycles. The third kappa shape index (κ3) is 2.68. The van der Waals surface area contributed by atoms with Crippen LogP contribution in [0.3, 0.4) is 0 Å². The fraction of sp³-hybridized carbons (Fsp3) is 0.417. The van der Waals surface area contributed by atoms with Crippen LogP contribution in [0.25, 0.3) is 11.0 Å². The van der Waals surface area contributed by atoms with Crippen LogP contribution < -0.4 is 11.1 Å². The molecule has 1 heterocycles. The summed E-state index contributed by atoms with van der Waals surface area (Å²) in [7, 11) is 0. The van der Waals surface area contributed by atoms with E-state index in [4.69, 9.17) is 10.8 Å². The van der Waals surface area contributed by atoms with Crippen molar-refractivity contribution in [2.75, 3.05) is 17.7 Å². The lowest BCUT2D eigenvalue weighted by molar-refractivity contribution is 0.278. The van der Waals surface area contributed by atoms with Crippen molar-refractivity contribution in [3.63, 3.8) is 0 Å². The molecule has 0 saturated heterocycles. The summed E-state index contributed by atoms with van der Waals surface area (Å²) in [5, 5.41) is 12.2. The average molecular weight is 234 g/mol. The van der Waals surface area contributed by atoms with Gasteiger partial charge in [-0.3, -0.25) is 0 Å². The van der Waals surface area contributed by atoms with E-state index in [-0.39, 0.29) is 12.6 Å². The maximum Gasteiger partial charge on any atom is 0.201 e. The molecular formula is C12H18N4O. The lowest BCUT2D eigenvalue weighted by atomic mass is 10.2. The van der Waals surface area contributed by atoms with E-state index in [1.807, 2.05) is 18.2 Å². The molecule has 0 bridgehead atoms. The quantitative estimate of drug-likeness (QED) is 0.593. The third-order valence-corrected chi connectivity index (χ3v) is 2.82. The summed E-state index contributed by atoms with van der Waals surface area (Å²) in [5.74, 6) is 0.728. The predicted molar refractivity (Wildman–Crippen MR) is 69.9 cm³/mol. The van der Waals surface area contributed by atoms with E-state index in [2.05, 4.69) is 22.2 Å². The zero-order valence-corrected chi connectivity index (χ0v) is 9.90. The lowest BCUT2D eigenvalue weighted by Gasteiger charge is -2.14. The Kier molecular flexibility index (Phi) is 3.49. The Bertz CT molecular complexity index is 494. The normalized spacial score (nSPS) is 12.8. The number of nitrogen functional groups attached to an aromatic ring is 1. The van der Waals surface area contributed by atoms with Gasteiger partial charge in [0.15, 0.2) is 0 Å². The molecule has 1 aromatic heterocycles. The van der Waals surface area contributed by atoms with Gasteiger partial charge < -0.3 is 21.1 Å². The molecule has 2 aromatic rings. The van der Waals surface area contributed by atoms with Gasteiger partial charge in [0.05, 0.1) is 11.0 Å². The Hall–Kier alpha value is -1.75. The molecule has 0 amide bonds. The fourth-order valence-electron chi connectivity index (χ4n) is 1.82. The maximum absolute atomic E-state index is 8.93. The number of hydrogen-bond acceptors (Lipinski definition) is 4. The van der Waals surface area contributed by atoms with Crippen molar-refractivity contribution >= 4 is 22.7 Å². The third-order valence-electron chi connectivity index (χ3n) is 2.82. The molecule has 1 atom stereocenters. The minimum Gasteiger partial charge on any atom is -0.399 e. The lowest BCUT2D eigenvalue weighted by Crippen LogP contribution is -2.20. The van der Waals surface area contributed by atoms with Gasteiger partial charge in [-0.2, -0.15) is 0 Å². The molecule has 0 saturated carbocycles. The summed E-state index contributed by atoms with van der Waals surface area (Å²) < 4.78 is 0. The van der Waals surface area contributed by atoms with Gasteiger partial charge in [0, 0.05) is 18.3 Å². The van der Waals surface area contributed by atoms with Crippen LogP contribution in [0.2, 0.25) is 0 Å². The van der Waals surface area contributed by atoms with E-state index < -0.39 is 0 Å². The smallest absolute Gasteiger partial charge is 0.201 e. The van der Waals surface area contributed by atoms with Crippen molar-refractivity contribution in [1.29, 1.82) is 0 Å². The fourth-order valence-corrected chi connectivity index (χ4v) is 1.82. The van der Waals surface area contributed by atoms with Gasteiger partial charge in [0.25, 0.3) is 0 Å². The van der Waals surface area contributed by atoms with Crippen LogP contribution in [0.15, 0.2) is 18.2 Å². The van der Waals surface area contributed by atoms with Crippen molar-refractivity contribution in [3.8, 4) is 0 Å². The van der Waals surface area contributed by atoms with Crippen LogP contribution in [0.1, 0.15) is 19.8 Å². The minimum atomic E-state index is 0.179. The molecule has 5 N–H and O–H groups in total. The van der Waals surface area contributed by atoms with Crippen molar-refractivity contribution in [3.05, 3.63) is 18.2 Å². The number of hydrogen-bond donors (Lipinski definition) is 4. The number of H-pyrrole nitrogens is 1. The summed E-state index contributed by atoms with van der Waals surface area (Å²) >= 11 is 0. The van der Waals surface area contributed by atoms with Gasteiger partial charge in [0.1, 0.15) is 0 Å². The summed E-state index contributed by atoms with van der Waals surface area (Å²) in [4.78, 5) is 7.60. The molecule has 0 spiro atoms. The first kappa shape index (κ1) is 11.7. The number of aliphatic hydroxyl groups excluding tert-OH is 1. The zero-order chi connectivity index (χ0) is 12.3. The van der Waals surface area contributed by atoms with Crippen LogP contribution >= 0.6 is 0 Å². The molecule has 0 aliphatic rings. The zero-order valence-electron chi connectivity index (χ0n) is 9.90. The number of fused-ring (bicyclic) bond motifs is 1. The number of anilines is 2. The largest absolute Gasteiger partial charge is 0.399 e. The second-order valence-electron chi connectivity index (χ2n) is 4.12. The number of nitrogens with two attached hydrogens (primary N) is 1. The van der Waals surface area contributed by atoms with E-state index in [1.54, 1.807) is 0 Å². The number of nitrogens with one attached hydrogen (secondary N) is 2. The first-order valence-electron chi connectivity index (χ1n) is 5.85. The predicted octanol–water partition coefficient (Wildman–Crippen LogP) is 1.72. The molecule has 92 valence electrons. The topological polar surface area (TPSA) is 87.0 Å². The van der Waals surface area contributed by atoms with Crippen molar-refractivity contribution in [2.45, 2.75) is 25.8 Å². The van der Waals surface area contributed by atoms with Crippen molar-refractivity contribution in [1.82, 2.24) is 9.97 Å². The number of aliphatic hydroxyl groups is 1. The number of aromatic amines is 1. The summed E-state index contributed by atoms with van der Waals surface area (Å²) in [6, 6.07) is 5.82. The molecule has 0 aliphatic heterocycles. The monoisotopic (exact) mass is 234 g/mol. The molecule has 5 nitrogen and oxygen atoms in total. The Balaban J connectivity index is 2.18. The Morgan fingerprint density at radius 3 is 3.06 bits per heavy atom. The van der Waals surface area contributed by atoms with Gasteiger partial charge in [-0.05, 0) is 31.0 Å². The van der Waals surface area contributed by atoms with E-state index in [1.165, 1.54) is 0 Å². The van der Waals surface area contributed by atoms with E-state index >= 15 is 0 Å². The van der Waals surface area contributed by atoms with Crippen molar-refractivity contribution < 1.29 is 5.11 Å². The molecule has 1 unspecified atom stereocenters. The van der Waals surface area contributed by atoms with Gasteiger partial charge in [0.2, 0.25) is 5.95 Å². The molecule has 5 heteroatoms. The second-order valence-corrected chi connectivity index (χ2v) is 4.12. The van der Waals surface area contributed by atoms with Crippen LogP contribution in [0, 0.1) is 0 Å². The first-order chi connectivity index (χ1) is 8.22. The van der Waals surface area contributed by atoms with E-state index in [0.717, 1.165) is 35.5 Å². The molecular weight excluding hydrogens is 216 g/mol. The molecule has 0 radical (unpaired) electrons. The Morgan fingerprint density at radius 1 is 1.53 bits per heavy atom. The summed E-state index contributed by atoms with van der Waals surface area (Å²) in [6.45, 7) is 2.26. The average Bonchev–Trinajstić information content (AvgIpc) is 2.69. The highest BCUT2D eigenvalue weighted by Gasteiger charge is 2.08. The van der Waals surface area contributed by atoms with Gasteiger partial charge in [-0.15, -0.1) is 0 Å². The van der Waals surface area contributed by atoms with Crippen molar-refractivity contribution in [2.24, 2.45) is 0 Å². The summed E-state index contributed by atoms with van der Waals surface area (Å²) in [5.41, 5.74) is 8.24. The number of nitrogens with zero attached hydrogens (tertiary/aromatic N) is 1. The van der Waals surface area contributed by atoms with Gasteiger partial charge >= 0.3 is 0 Å². The highest BCUT2D eigenvalue weighted by molar-refractivity contribution is 5.80. The first-order valence-corrected chi connectivity index (χ1v) is 5.85. The molecule has 2 rings (SSSR count). The molecule has 17 heavy (non-hydrogen) atoms. The van der Waals surface area contributed by atoms with Gasteiger partial charge in [-0.1, -0.05) is 6.92 Å². The Morgan fingerprint density at radius 2 is 2.35 bits per heavy atom. The van der Waals surface area contributed by atoms with Crippen LogP contribution in [0.5, 0.6) is 0 Å². The minimum absolute atomic E-state index is 0.179. The van der Waals surface area contributed by atoms with E-state index in [0.29, 0.717) is 0 Å². The van der Waals surface area contributed by atoms with Crippen LogP contribution in [-0.4, -0.2) is 27.7 Å². The van der Waals surface area contributed by atoms with Gasteiger partial charge in [-0.25, -0.2) is 4.98 Å². The highest BCUT2D eigenvalue weighted by Crippen LogP contribution is 2.18. The molecule has 0 fully saturated rings. The van der Waals surface area contributed by atoms with Crippen LogP contribution in [0.4, 0.5) is 11.6 Å². The number of benzene rings is 1. The Labute approximate surface area is 100 Å². The number of imidazole rings is 1. The number of rotatable bonds is 5. The van der Waals surface area contributed by atoms with E-state index in [9.17, 15) is 0 Å². The number of aromatic nitrogens is 2. The standard InChI is InChI=1S/C12H18N4O/c1-2-9(5-6-17)14-12-15-10-4-3-8(13)7-11(10)16-12/h3-4,7,9,17H,2,5-6,13H2,1H3,(H2,14,15,16). The second kappa shape index (κ2) is 5.05. The summed E-state index contributed by atoms with van der Waals surface area (Å²) in [6.07, 6.45) is 1.66. The van der Waals surface area contributed by atoms with Crippen LogP contribution in [-0.2, 0) is 0 Å². The highest BCUT2D eigenvalue weighted by atomic mass is 16.3. The molecule has 0 aliphatic carbocycles. The maximum atomic E-state index is 8.93.